The standard InChI is InChI=1S/C20H29FN4O3.HI/c1-3-16(28-17-8-5-7-15(21)13-17)14-24-20(22-4-2)23-11-12-25-18(26)9-6-10-19(25)27;/h5,7-8,13,16H,3-4,6,9-12,14H2,1-2H3,(H2,22,23,24);1H. The molecule has 0 radical (unpaired) electrons. The highest BCUT2D eigenvalue weighted by Gasteiger charge is 2.25. The monoisotopic (exact) mass is 520 g/mol. The van der Waals surface area contributed by atoms with E-state index in [1.165, 1.54) is 17.0 Å². The van der Waals surface area contributed by atoms with Crippen LogP contribution < -0.4 is 15.4 Å². The molecule has 9 heteroatoms. The molecule has 1 atom stereocenters. The van der Waals surface area contributed by atoms with Crippen LogP contribution in [-0.2, 0) is 9.59 Å². The van der Waals surface area contributed by atoms with E-state index in [0.717, 1.165) is 6.42 Å². The fourth-order valence-electron chi connectivity index (χ4n) is 2.85. The van der Waals surface area contributed by atoms with Gasteiger partial charge in [-0.05, 0) is 31.9 Å². The molecule has 162 valence electrons. The number of rotatable bonds is 9. The minimum atomic E-state index is -0.340. The molecule has 29 heavy (non-hydrogen) atoms. The number of nitrogens with zero attached hydrogens (tertiary/aromatic N) is 2. The SMILES string of the molecule is CCNC(=NCC(CC)Oc1cccc(F)c1)NCCN1C(=O)CCCC1=O.I. The molecule has 0 aromatic heterocycles. The number of hydrogen-bond donors (Lipinski definition) is 2. The second kappa shape index (κ2) is 13.3. The third-order valence-corrected chi connectivity index (χ3v) is 4.36. The molecule has 0 aliphatic carbocycles. The molecule has 2 amide bonds. The summed E-state index contributed by atoms with van der Waals surface area (Å²) in [7, 11) is 0. The number of ether oxygens (including phenoxy) is 1. The van der Waals surface area contributed by atoms with Gasteiger partial charge in [-0.15, -0.1) is 24.0 Å². The van der Waals surface area contributed by atoms with E-state index in [0.29, 0.717) is 57.2 Å². The lowest BCUT2D eigenvalue weighted by atomic mass is 10.1. The van der Waals surface area contributed by atoms with Gasteiger partial charge in [0.2, 0.25) is 11.8 Å². The summed E-state index contributed by atoms with van der Waals surface area (Å²) >= 11 is 0. The normalized spacial score (nSPS) is 15.6. The first-order valence-electron chi connectivity index (χ1n) is 9.81. The zero-order valence-corrected chi connectivity index (χ0v) is 19.3. The van der Waals surface area contributed by atoms with Crippen molar-refractivity contribution in [2.24, 2.45) is 4.99 Å². The molecule has 1 aliphatic heterocycles. The third kappa shape index (κ3) is 8.55. The molecular weight excluding hydrogens is 490 g/mol. The van der Waals surface area contributed by atoms with Crippen molar-refractivity contribution < 1.29 is 18.7 Å². The van der Waals surface area contributed by atoms with Crippen LogP contribution in [0.3, 0.4) is 0 Å². The fraction of sp³-hybridized carbons (Fsp3) is 0.550. The van der Waals surface area contributed by atoms with E-state index >= 15 is 0 Å². The highest BCUT2D eigenvalue weighted by Crippen LogP contribution is 2.15. The third-order valence-electron chi connectivity index (χ3n) is 4.36. The van der Waals surface area contributed by atoms with Gasteiger partial charge in [-0.1, -0.05) is 13.0 Å². The van der Waals surface area contributed by atoms with Crippen molar-refractivity contribution in [1.29, 1.82) is 0 Å². The smallest absolute Gasteiger partial charge is 0.229 e. The first kappa shape index (κ1) is 25.1. The maximum Gasteiger partial charge on any atom is 0.229 e. The van der Waals surface area contributed by atoms with Gasteiger partial charge in [0.15, 0.2) is 5.96 Å². The number of carbonyl (C=O) groups is 2. The minimum Gasteiger partial charge on any atom is -0.488 e. The number of imide groups is 1. The predicted octanol–water partition coefficient (Wildman–Crippen LogP) is 2.70. The van der Waals surface area contributed by atoms with Crippen LogP contribution in [0, 0.1) is 5.82 Å². The largest absolute Gasteiger partial charge is 0.488 e. The topological polar surface area (TPSA) is 83.0 Å². The van der Waals surface area contributed by atoms with Gasteiger partial charge in [-0.3, -0.25) is 14.5 Å². The molecule has 1 aliphatic rings. The number of hydrogen-bond acceptors (Lipinski definition) is 4. The van der Waals surface area contributed by atoms with Crippen molar-refractivity contribution in [3.8, 4) is 5.75 Å². The Kier molecular flexibility index (Phi) is 11.6. The second-order valence-corrected chi connectivity index (χ2v) is 6.54. The Hall–Kier alpha value is -1.91. The van der Waals surface area contributed by atoms with E-state index in [9.17, 15) is 14.0 Å². The molecule has 0 spiro atoms. The predicted molar refractivity (Wildman–Crippen MR) is 121 cm³/mol. The quantitative estimate of drug-likeness (QED) is 0.227. The zero-order chi connectivity index (χ0) is 20.4. The first-order valence-corrected chi connectivity index (χ1v) is 9.81. The van der Waals surface area contributed by atoms with Crippen LogP contribution in [0.25, 0.3) is 0 Å². The van der Waals surface area contributed by atoms with Gasteiger partial charge < -0.3 is 15.4 Å². The number of amides is 2. The Morgan fingerprint density at radius 3 is 2.59 bits per heavy atom. The van der Waals surface area contributed by atoms with Crippen LogP contribution in [0.1, 0.15) is 39.5 Å². The summed E-state index contributed by atoms with van der Waals surface area (Å²) in [6.07, 6.45) is 2.01. The van der Waals surface area contributed by atoms with E-state index in [2.05, 4.69) is 15.6 Å². The molecular formula is C20H30FIN4O3. The van der Waals surface area contributed by atoms with Gasteiger partial charge in [0, 0.05) is 38.5 Å². The van der Waals surface area contributed by atoms with E-state index in [1.807, 2.05) is 13.8 Å². The van der Waals surface area contributed by atoms with Crippen LogP contribution in [0.4, 0.5) is 4.39 Å². The number of likely N-dealkylation sites (tertiary alicyclic amines) is 1. The van der Waals surface area contributed by atoms with Crippen LogP contribution in [0.15, 0.2) is 29.3 Å². The van der Waals surface area contributed by atoms with Crippen LogP contribution in [0.2, 0.25) is 0 Å². The summed E-state index contributed by atoms with van der Waals surface area (Å²) in [5.41, 5.74) is 0. The number of benzene rings is 1. The first-order chi connectivity index (χ1) is 13.5. The lowest BCUT2D eigenvalue weighted by Gasteiger charge is -2.25. The molecule has 2 rings (SSSR count). The zero-order valence-electron chi connectivity index (χ0n) is 16.9. The van der Waals surface area contributed by atoms with Gasteiger partial charge in [-0.25, -0.2) is 9.38 Å². The van der Waals surface area contributed by atoms with Crippen LogP contribution in [0.5, 0.6) is 5.75 Å². The number of halogens is 2. The van der Waals surface area contributed by atoms with Crippen molar-refractivity contribution in [2.45, 2.75) is 45.6 Å². The number of carbonyl (C=O) groups excluding carboxylic acids is 2. The van der Waals surface area contributed by atoms with E-state index < -0.39 is 0 Å². The molecule has 1 saturated heterocycles. The second-order valence-electron chi connectivity index (χ2n) is 6.54. The van der Waals surface area contributed by atoms with E-state index in [1.54, 1.807) is 12.1 Å². The Balaban J connectivity index is 0.00000420. The lowest BCUT2D eigenvalue weighted by Crippen LogP contribution is -2.46. The van der Waals surface area contributed by atoms with E-state index in [-0.39, 0.29) is 47.7 Å². The highest BCUT2D eigenvalue weighted by molar-refractivity contribution is 14.0. The molecule has 2 N–H and O–H groups in total. The number of aliphatic imine (C=N–C) groups is 1. The lowest BCUT2D eigenvalue weighted by molar-refractivity contribution is -0.147. The Morgan fingerprint density at radius 1 is 1.24 bits per heavy atom. The number of piperidine rings is 1. The van der Waals surface area contributed by atoms with Crippen molar-refractivity contribution in [1.82, 2.24) is 15.5 Å². The average molecular weight is 520 g/mol. The average Bonchev–Trinajstić information content (AvgIpc) is 2.67. The summed E-state index contributed by atoms with van der Waals surface area (Å²) in [6.45, 7) is 5.74. The van der Waals surface area contributed by atoms with Gasteiger partial charge in [0.05, 0.1) is 6.54 Å². The van der Waals surface area contributed by atoms with Gasteiger partial charge in [0.25, 0.3) is 0 Å². The fourth-order valence-corrected chi connectivity index (χ4v) is 2.85. The Bertz CT molecular complexity index is 686. The van der Waals surface area contributed by atoms with Crippen LogP contribution in [-0.4, -0.2) is 55.0 Å². The molecule has 1 aromatic carbocycles. The van der Waals surface area contributed by atoms with Gasteiger partial charge >= 0.3 is 0 Å². The highest BCUT2D eigenvalue weighted by atomic mass is 127. The van der Waals surface area contributed by atoms with Crippen LogP contribution >= 0.6 is 24.0 Å². The molecule has 0 saturated carbocycles. The molecule has 1 fully saturated rings. The molecule has 0 bridgehead atoms. The number of nitrogens with one attached hydrogen (secondary N) is 2. The number of guanidine groups is 1. The van der Waals surface area contributed by atoms with E-state index in [4.69, 9.17) is 4.74 Å². The molecule has 1 aromatic rings. The maximum absolute atomic E-state index is 13.3. The minimum absolute atomic E-state index is 0. The molecule has 1 heterocycles. The van der Waals surface area contributed by atoms with Crippen molar-refractivity contribution in [3.05, 3.63) is 30.1 Å². The summed E-state index contributed by atoms with van der Waals surface area (Å²) in [5.74, 6) is 0.486. The summed E-state index contributed by atoms with van der Waals surface area (Å²) in [6, 6.07) is 6.04. The van der Waals surface area contributed by atoms with Gasteiger partial charge in [0.1, 0.15) is 17.7 Å². The molecule has 7 nitrogen and oxygen atoms in total. The molecule has 1 unspecified atom stereocenters. The Morgan fingerprint density at radius 2 is 1.97 bits per heavy atom. The Labute approximate surface area is 188 Å². The summed E-state index contributed by atoms with van der Waals surface area (Å²) in [5, 5.41) is 6.27. The van der Waals surface area contributed by atoms with Crippen molar-refractivity contribution >= 4 is 41.8 Å². The summed E-state index contributed by atoms with van der Waals surface area (Å²) < 4.78 is 19.1. The van der Waals surface area contributed by atoms with Crippen molar-refractivity contribution in [2.75, 3.05) is 26.2 Å². The van der Waals surface area contributed by atoms with Gasteiger partial charge in [-0.2, -0.15) is 0 Å². The maximum atomic E-state index is 13.3. The summed E-state index contributed by atoms with van der Waals surface area (Å²) in [4.78, 5) is 29.5. The van der Waals surface area contributed by atoms with Crippen molar-refractivity contribution in [3.63, 3.8) is 0 Å².